The van der Waals surface area contributed by atoms with Gasteiger partial charge in [-0.2, -0.15) is 0 Å². The van der Waals surface area contributed by atoms with Gasteiger partial charge in [0.15, 0.2) is 0 Å². The van der Waals surface area contributed by atoms with Crippen LogP contribution in [0.15, 0.2) is 76.5 Å². The normalized spacial score (nSPS) is 18.7. The second-order valence-electron chi connectivity index (χ2n) is 8.98. The third-order valence-corrected chi connectivity index (χ3v) is 8.31. The molecule has 0 unspecified atom stereocenters. The molecule has 0 saturated carbocycles. The largest absolute Gasteiger partial charge is 0.467 e. The highest BCUT2D eigenvalue weighted by molar-refractivity contribution is 7.90. The van der Waals surface area contributed by atoms with E-state index >= 15 is 0 Å². The van der Waals surface area contributed by atoms with Crippen molar-refractivity contribution >= 4 is 27.7 Å². The van der Waals surface area contributed by atoms with Crippen LogP contribution in [-0.4, -0.2) is 66.1 Å². The number of amides is 3. The Balaban J connectivity index is 1.46. The van der Waals surface area contributed by atoms with Gasteiger partial charge in [-0.05, 0) is 54.8 Å². The predicted molar refractivity (Wildman–Crippen MR) is 133 cm³/mol. The molecule has 38 heavy (non-hydrogen) atoms. The molecule has 11 nitrogen and oxygen atoms in total. The van der Waals surface area contributed by atoms with Gasteiger partial charge in [-0.25, -0.2) is 12.7 Å². The average Bonchev–Trinajstić information content (AvgIpc) is 3.67. The van der Waals surface area contributed by atoms with Gasteiger partial charge in [0.1, 0.15) is 23.2 Å². The number of fused-ring (bicyclic) bond motifs is 1. The molecule has 2 aromatic heterocycles. The van der Waals surface area contributed by atoms with Crippen molar-refractivity contribution in [3.63, 3.8) is 0 Å². The number of nitrogens with one attached hydrogen (secondary N) is 1. The molecule has 0 aliphatic carbocycles. The lowest BCUT2D eigenvalue weighted by Gasteiger charge is -2.32. The second kappa shape index (κ2) is 10.8. The molecule has 1 fully saturated rings. The Morgan fingerprint density at radius 2 is 1.92 bits per heavy atom. The summed E-state index contributed by atoms with van der Waals surface area (Å²) in [4.78, 5) is 45.4. The number of pyridine rings is 1. The third-order valence-electron chi connectivity index (χ3n) is 6.53. The number of sulfonamides is 1. The summed E-state index contributed by atoms with van der Waals surface area (Å²) in [6, 6.07) is 11.1. The van der Waals surface area contributed by atoms with Crippen molar-refractivity contribution in [3.05, 3.63) is 84.1 Å². The van der Waals surface area contributed by atoms with E-state index in [1.54, 1.807) is 30.3 Å². The van der Waals surface area contributed by atoms with E-state index < -0.39 is 40.3 Å². The highest BCUT2D eigenvalue weighted by Crippen LogP contribution is 2.31. The van der Waals surface area contributed by atoms with E-state index in [1.807, 2.05) is 0 Å². The first-order chi connectivity index (χ1) is 18.4. The summed E-state index contributed by atoms with van der Waals surface area (Å²) in [5.74, 6) is -1.65. The van der Waals surface area contributed by atoms with Gasteiger partial charge in [0.05, 0.1) is 24.5 Å². The standard InChI is InChI=1S/C26H26N4O7S/c31-23(17-30-26(33)21-7-1-2-8-22(21)38(30,34)35)29(16-20-6-4-14-37-20)24(18-9-11-27-12-10-18)25(32)28-15-19-5-3-13-36-19/h1-2,4,6-12,14,19,24H,3,5,13,15-17H2,(H,28,32)/t19-,24+/m0/s1. The van der Waals surface area contributed by atoms with E-state index in [0.29, 0.717) is 22.2 Å². The Bertz CT molecular complexity index is 1420. The number of hydrogen-bond acceptors (Lipinski definition) is 8. The van der Waals surface area contributed by atoms with Crippen LogP contribution in [0.5, 0.6) is 0 Å². The van der Waals surface area contributed by atoms with E-state index in [-0.39, 0.29) is 29.7 Å². The smallest absolute Gasteiger partial charge is 0.269 e. The summed E-state index contributed by atoms with van der Waals surface area (Å²) < 4.78 is 37.8. The maximum Gasteiger partial charge on any atom is 0.269 e. The van der Waals surface area contributed by atoms with Gasteiger partial charge in [0.25, 0.3) is 15.9 Å². The Morgan fingerprint density at radius 3 is 2.61 bits per heavy atom. The van der Waals surface area contributed by atoms with E-state index in [4.69, 9.17) is 9.15 Å². The predicted octanol–water partition coefficient (Wildman–Crippen LogP) is 1.88. The number of carbonyl (C=O) groups excluding carboxylic acids is 3. The number of ether oxygens (including phenoxy) is 1. The lowest BCUT2D eigenvalue weighted by atomic mass is 10.0. The van der Waals surface area contributed by atoms with E-state index in [0.717, 1.165) is 12.8 Å². The molecule has 1 N–H and O–H groups in total. The molecule has 1 saturated heterocycles. The molecule has 12 heteroatoms. The number of nitrogens with zero attached hydrogens (tertiary/aromatic N) is 3. The SMILES string of the molecule is O=C(NC[C@@H]1CCCO1)[C@@H](c1ccncc1)N(Cc1ccco1)C(=O)CN1C(=O)c2ccccc2S1(=O)=O. The summed E-state index contributed by atoms with van der Waals surface area (Å²) in [5.41, 5.74) is 0.460. The van der Waals surface area contributed by atoms with Crippen LogP contribution in [-0.2, 0) is 30.9 Å². The van der Waals surface area contributed by atoms with Crippen LogP contribution in [0.3, 0.4) is 0 Å². The molecule has 5 rings (SSSR count). The molecule has 0 radical (unpaired) electrons. The van der Waals surface area contributed by atoms with Gasteiger partial charge in [0, 0.05) is 25.5 Å². The zero-order valence-electron chi connectivity index (χ0n) is 20.4. The van der Waals surface area contributed by atoms with Crippen molar-refractivity contribution in [2.24, 2.45) is 0 Å². The Labute approximate surface area is 219 Å². The first-order valence-electron chi connectivity index (χ1n) is 12.1. The highest BCUT2D eigenvalue weighted by Gasteiger charge is 2.43. The Hall–Kier alpha value is -4.03. The zero-order valence-corrected chi connectivity index (χ0v) is 21.2. The molecule has 0 bridgehead atoms. The first-order valence-corrected chi connectivity index (χ1v) is 13.6. The minimum atomic E-state index is -4.23. The van der Waals surface area contributed by atoms with Crippen LogP contribution >= 0.6 is 0 Å². The summed E-state index contributed by atoms with van der Waals surface area (Å²) in [7, 11) is -4.23. The first kappa shape index (κ1) is 25.6. The van der Waals surface area contributed by atoms with Crippen LogP contribution in [0.2, 0.25) is 0 Å². The van der Waals surface area contributed by atoms with Gasteiger partial charge < -0.3 is 19.4 Å². The number of aromatic nitrogens is 1. The topological polar surface area (TPSA) is 139 Å². The van der Waals surface area contributed by atoms with Crippen molar-refractivity contribution < 1.29 is 32.0 Å². The highest BCUT2D eigenvalue weighted by atomic mass is 32.2. The third kappa shape index (κ3) is 5.04. The number of rotatable bonds is 9. The summed E-state index contributed by atoms with van der Waals surface area (Å²) in [6.07, 6.45) is 6.01. The molecule has 2 aliphatic rings. The van der Waals surface area contributed by atoms with Gasteiger partial charge >= 0.3 is 0 Å². The van der Waals surface area contributed by atoms with Gasteiger partial charge in [-0.3, -0.25) is 19.4 Å². The summed E-state index contributed by atoms with van der Waals surface area (Å²) >= 11 is 0. The zero-order chi connectivity index (χ0) is 26.7. The fourth-order valence-corrected chi connectivity index (χ4v) is 6.15. The average molecular weight is 539 g/mol. The van der Waals surface area contributed by atoms with Crippen molar-refractivity contribution in [1.82, 2.24) is 19.5 Å². The number of furan rings is 1. The minimum absolute atomic E-state index is 0.00197. The lowest BCUT2D eigenvalue weighted by Crippen LogP contribution is -2.48. The van der Waals surface area contributed by atoms with Crippen molar-refractivity contribution in [2.75, 3.05) is 19.7 Å². The fraction of sp³-hybridized carbons (Fsp3) is 0.308. The van der Waals surface area contributed by atoms with Crippen LogP contribution in [0.4, 0.5) is 0 Å². The molecule has 4 heterocycles. The maximum atomic E-state index is 13.8. The molecule has 2 atom stereocenters. The second-order valence-corrected chi connectivity index (χ2v) is 10.8. The van der Waals surface area contributed by atoms with Crippen molar-refractivity contribution in [3.8, 4) is 0 Å². The molecular weight excluding hydrogens is 512 g/mol. The Morgan fingerprint density at radius 1 is 1.13 bits per heavy atom. The molecule has 1 aromatic carbocycles. The Kier molecular flexibility index (Phi) is 7.25. The minimum Gasteiger partial charge on any atom is -0.467 e. The van der Waals surface area contributed by atoms with Crippen LogP contribution in [0, 0.1) is 0 Å². The number of benzene rings is 1. The fourth-order valence-electron chi connectivity index (χ4n) is 4.63. The van der Waals surface area contributed by atoms with Crippen molar-refractivity contribution in [1.29, 1.82) is 0 Å². The summed E-state index contributed by atoms with van der Waals surface area (Å²) in [5, 5.41) is 2.86. The van der Waals surface area contributed by atoms with Gasteiger partial charge in [-0.15, -0.1) is 0 Å². The molecule has 2 aliphatic heterocycles. The van der Waals surface area contributed by atoms with Gasteiger partial charge in [0.2, 0.25) is 11.8 Å². The van der Waals surface area contributed by atoms with Crippen LogP contribution in [0.1, 0.15) is 40.6 Å². The molecule has 198 valence electrons. The van der Waals surface area contributed by atoms with Gasteiger partial charge in [-0.1, -0.05) is 12.1 Å². The monoisotopic (exact) mass is 538 g/mol. The number of carbonyl (C=O) groups is 3. The van der Waals surface area contributed by atoms with E-state index in [1.165, 1.54) is 41.8 Å². The van der Waals surface area contributed by atoms with Crippen LogP contribution in [0.25, 0.3) is 0 Å². The van der Waals surface area contributed by atoms with Crippen LogP contribution < -0.4 is 5.32 Å². The summed E-state index contributed by atoms with van der Waals surface area (Å²) in [6.45, 7) is -0.0337. The quantitative estimate of drug-likeness (QED) is 0.436. The molecule has 3 amide bonds. The molecule has 0 spiro atoms. The van der Waals surface area contributed by atoms with E-state index in [9.17, 15) is 22.8 Å². The molecule has 3 aromatic rings. The maximum absolute atomic E-state index is 13.8. The lowest BCUT2D eigenvalue weighted by molar-refractivity contribution is -0.142. The van der Waals surface area contributed by atoms with E-state index in [2.05, 4.69) is 10.3 Å². The molecular formula is C26H26N4O7S. The number of hydrogen-bond donors (Lipinski definition) is 1. The van der Waals surface area contributed by atoms with Crippen molar-refractivity contribution in [2.45, 2.75) is 36.4 Å².